The molecule has 0 heterocycles. The first-order chi connectivity index (χ1) is 26.3. The third kappa shape index (κ3) is 40.1. The molecule has 0 aromatic rings. The van der Waals surface area contributed by atoms with Gasteiger partial charge in [0.2, 0.25) is 0 Å². The Balaban J connectivity index is 4.15. The Morgan fingerprint density at radius 2 is 0.704 bits per heavy atom. The number of unbranched alkanes of at least 4 members (excludes halogenated alkanes) is 26. The maximum Gasteiger partial charge on any atom is 0.306 e. The molecule has 0 radical (unpaired) electrons. The van der Waals surface area contributed by atoms with Crippen LogP contribution in [-0.2, 0) is 28.6 Å². The van der Waals surface area contributed by atoms with Crippen LogP contribution in [0.25, 0.3) is 0 Å². The standard InChI is InChI=1S/C48H92O6/c1-6-8-9-26-33-38-46(49)52-41-45(42-53-47(50)39-34-29-24-20-17-16-18-22-27-31-36-43(3)4)54-48(51)40-35-30-25-21-15-13-11-10-12-14-19-23-28-32-37-44(5)7-2/h43-45H,6-42H2,1-5H3/t44?,45-/m0/s1. The van der Waals surface area contributed by atoms with Crippen LogP contribution >= 0.6 is 0 Å². The fourth-order valence-electron chi connectivity index (χ4n) is 7.07. The molecular weight excluding hydrogens is 673 g/mol. The topological polar surface area (TPSA) is 78.9 Å². The molecule has 320 valence electrons. The Morgan fingerprint density at radius 1 is 0.389 bits per heavy atom. The molecule has 0 saturated heterocycles. The number of hydrogen-bond donors (Lipinski definition) is 0. The SMILES string of the molecule is CCCCCCCC(=O)OC[C@@H](COC(=O)CCCCCCCCCCCCC(C)C)OC(=O)CCCCCCCCCCCCCCCCC(C)CC. The first-order valence-corrected chi connectivity index (χ1v) is 23.8. The lowest BCUT2D eigenvalue weighted by molar-refractivity contribution is -0.167. The molecule has 0 rings (SSSR count). The van der Waals surface area contributed by atoms with E-state index in [1.54, 1.807) is 0 Å². The van der Waals surface area contributed by atoms with E-state index >= 15 is 0 Å². The van der Waals surface area contributed by atoms with Gasteiger partial charge in [0.1, 0.15) is 13.2 Å². The van der Waals surface area contributed by atoms with E-state index in [-0.39, 0.29) is 31.1 Å². The maximum atomic E-state index is 12.7. The molecule has 6 heteroatoms. The highest BCUT2D eigenvalue weighted by Crippen LogP contribution is 2.17. The van der Waals surface area contributed by atoms with Gasteiger partial charge in [-0.25, -0.2) is 0 Å². The van der Waals surface area contributed by atoms with Crippen molar-refractivity contribution in [2.24, 2.45) is 11.8 Å². The summed E-state index contributed by atoms with van der Waals surface area (Å²) in [6.07, 6.45) is 39.7. The fourth-order valence-corrected chi connectivity index (χ4v) is 7.07. The van der Waals surface area contributed by atoms with Crippen molar-refractivity contribution in [3.8, 4) is 0 Å². The average molecular weight is 765 g/mol. The van der Waals surface area contributed by atoms with E-state index in [4.69, 9.17) is 14.2 Å². The zero-order chi connectivity index (χ0) is 39.7. The van der Waals surface area contributed by atoms with Crippen molar-refractivity contribution in [1.82, 2.24) is 0 Å². The van der Waals surface area contributed by atoms with Gasteiger partial charge in [-0.1, -0.05) is 221 Å². The summed E-state index contributed by atoms with van der Waals surface area (Å²) in [4.78, 5) is 37.5. The van der Waals surface area contributed by atoms with E-state index in [1.165, 1.54) is 141 Å². The highest BCUT2D eigenvalue weighted by molar-refractivity contribution is 5.71. The predicted molar refractivity (Wildman–Crippen MR) is 229 cm³/mol. The van der Waals surface area contributed by atoms with Crippen LogP contribution < -0.4 is 0 Å². The van der Waals surface area contributed by atoms with Gasteiger partial charge in [-0.2, -0.15) is 0 Å². The van der Waals surface area contributed by atoms with E-state index in [2.05, 4.69) is 34.6 Å². The summed E-state index contributed by atoms with van der Waals surface area (Å²) in [5, 5.41) is 0. The minimum absolute atomic E-state index is 0.0656. The van der Waals surface area contributed by atoms with Crippen LogP contribution in [0.15, 0.2) is 0 Å². The molecule has 0 aromatic heterocycles. The monoisotopic (exact) mass is 765 g/mol. The summed E-state index contributed by atoms with van der Waals surface area (Å²) in [6, 6.07) is 0. The Labute approximate surface area is 336 Å². The van der Waals surface area contributed by atoms with Gasteiger partial charge in [-0.05, 0) is 31.1 Å². The summed E-state index contributed by atoms with van der Waals surface area (Å²) in [7, 11) is 0. The highest BCUT2D eigenvalue weighted by Gasteiger charge is 2.19. The van der Waals surface area contributed by atoms with Crippen molar-refractivity contribution in [2.75, 3.05) is 13.2 Å². The van der Waals surface area contributed by atoms with Crippen molar-refractivity contribution in [2.45, 2.75) is 265 Å². The van der Waals surface area contributed by atoms with Crippen LogP contribution in [0.1, 0.15) is 259 Å². The quantitative estimate of drug-likeness (QED) is 0.0350. The van der Waals surface area contributed by atoms with Gasteiger partial charge in [-0.15, -0.1) is 0 Å². The van der Waals surface area contributed by atoms with E-state index in [9.17, 15) is 14.4 Å². The second-order valence-electron chi connectivity index (χ2n) is 17.1. The molecule has 1 unspecified atom stereocenters. The maximum absolute atomic E-state index is 12.7. The normalized spacial score (nSPS) is 12.6. The molecule has 0 N–H and O–H groups in total. The molecule has 0 aliphatic rings. The van der Waals surface area contributed by atoms with E-state index in [0.717, 1.165) is 76.0 Å². The highest BCUT2D eigenvalue weighted by atomic mass is 16.6. The summed E-state index contributed by atoms with van der Waals surface area (Å²) in [6.45, 7) is 11.3. The van der Waals surface area contributed by atoms with E-state index in [0.29, 0.717) is 19.3 Å². The van der Waals surface area contributed by atoms with Crippen LogP contribution in [0.2, 0.25) is 0 Å². The van der Waals surface area contributed by atoms with Gasteiger partial charge in [0.05, 0.1) is 0 Å². The van der Waals surface area contributed by atoms with Gasteiger partial charge in [-0.3, -0.25) is 14.4 Å². The molecule has 54 heavy (non-hydrogen) atoms. The van der Waals surface area contributed by atoms with Gasteiger partial charge >= 0.3 is 17.9 Å². The first kappa shape index (κ1) is 52.4. The lowest BCUT2D eigenvalue weighted by Gasteiger charge is -2.18. The van der Waals surface area contributed by atoms with Gasteiger partial charge < -0.3 is 14.2 Å². The third-order valence-corrected chi connectivity index (χ3v) is 11.1. The van der Waals surface area contributed by atoms with Crippen molar-refractivity contribution in [3.05, 3.63) is 0 Å². The molecule has 6 nitrogen and oxygen atoms in total. The molecule has 0 aliphatic carbocycles. The summed E-state index contributed by atoms with van der Waals surface area (Å²) >= 11 is 0. The van der Waals surface area contributed by atoms with E-state index < -0.39 is 6.10 Å². The average Bonchev–Trinajstić information content (AvgIpc) is 3.15. The number of rotatable bonds is 42. The number of hydrogen-bond acceptors (Lipinski definition) is 6. The Morgan fingerprint density at radius 3 is 1.06 bits per heavy atom. The predicted octanol–water partition coefficient (Wildman–Crippen LogP) is 15.0. The second-order valence-corrected chi connectivity index (χ2v) is 17.1. The van der Waals surface area contributed by atoms with Crippen LogP contribution in [0.4, 0.5) is 0 Å². The van der Waals surface area contributed by atoms with Gasteiger partial charge in [0.25, 0.3) is 0 Å². The van der Waals surface area contributed by atoms with E-state index in [1.807, 2.05) is 0 Å². The number of carbonyl (C=O) groups excluding carboxylic acids is 3. The van der Waals surface area contributed by atoms with Gasteiger partial charge in [0, 0.05) is 19.3 Å². The molecule has 0 fully saturated rings. The Kier molecular flexibility index (Phi) is 39.8. The first-order valence-electron chi connectivity index (χ1n) is 23.8. The summed E-state index contributed by atoms with van der Waals surface area (Å²) in [5.74, 6) is 0.845. The number of esters is 3. The molecule has 0 aromatic carbocycles. The fraction of sp³-hybridized carbons (Fsp3) is 0.938. The largest absolute Gasteiger partial charge is 0.462 e. The second kappa shape index (κ2) is 41.1. The lowest BCUT2D eigenvalue weighted by Crippen LogP contribution is -2.30. The minimum Gasteiger partial charge on any atom is -0.462 e. The van der Waals surface area contributed by atoms with Crippen LogP contribution in [-0.4, -0.2) is 37.2 Å². The molecule has 0 bridgehead atoms. The smallest absolute Gasteiger partial charge is 0.306 e. The zero-order valence-electron chi connectivity index (χ0n) is 36.8. The number of ether oxygens (including phenoxy) is 3. The van der Waals surface area contributed by atoms with Gasteiger partial charge in [0.15, 0.2) is 6.10 Å². The Hall–Kier alpha value is -1.59. The van der Waals surface area contributed by atoms with Crippen molar-refractivity contribution < 1.29 is 28.6 Å². The Bertz CT molecular complexity index is 826. The lowest BCUT2D eigenvalue weighted by atomic mass is 9.99. The summed E-state index contributed by atoms with van der Waals surface area (Å²) < 4.78 is 16.6. The van der Waals surface area contributed by atoms with Crippen molar-refractivity contribution in [3.63, 3.8) is 0 Å². The van der Waals surface area contributed by atoms with Crippen LogP contribution in [0.5, 0.6) is 0 Å². The summed E-state index contributed by atoms with van der Waals surface area (Å²) in [5.41, 5.74) is 0. The number of carbonyl (C=O) groups is 3. The molecule has 0 amide bonds. The van der Waals surface area contributed by atoms with Crippen molar-refractivity contribution in [1.29, 1.82) is 0 Å². The van der Waals surface area contributed by atoms with Crippen molar-refractivity contribution >= 4 is 17.9 Å². The van der Waals surface area contributed by atoms with Crippen LogP contribution in [0.3, 0.4) is 0 Å². The minimum atomic E-state index is -0.759. The molecule has 0 saturated carbocycles. The third-order valence-electron chi connectivity index (χ3n) is 11.1. The zero-order valence-corrected chi connectivity index (χ0v) is 36.8. The molecular formula is C48H92O6. The van der Waals surface area contributed by atoms with Crippen LogP contribution in [0, 0.1) is 11.8 Å². The molecule has 0 aliphatic heterocycles. The molecule has 2 atom stereocenters. The molecule has 0 spiro atoms.